The molecule has 0 aromatic heterocycles. The number of hydrogen-bond donors (Lipinski definition) is 2. The molecule has 0 bridgehead atoms. The number of rotatable bonds is 4. The van der Waals surface area contributed by atoms with Gasteiger partial charge in [-0.1, -0.05) is 36.3 Å². The van der Waals surface area contributed by atoms with E-state index in [0.29, 0.717) is 0 Å². The van der Waals surface area contributed by atoms with E-state index in [0.717, 1.165) is 5.56 Å². The Balaban J connectivity index is 2.65. The average Bonchev–Trinajstić information content (AvgIpc) is 2.27. The normalized spacial score (nSPS) is 11.5. The van der Waals surface area contributed by atoms with E-state index in [1.165, 1.54) is 0 Å². The molecule has 3 nitrogen and oxygen atoms in total. The Bertz CT molecular complexity index is 354. The first-order valence-corrected chi connectivity index (χ1v) is 4.66. The van der Waals surface area contributed by atoms with E-state index in [9.17, 15) is 4.79 Å². The van der Waals surface area contributed by atoms with Gasteiger partial charge in [0.1, 0.15) is 0 Å². The molecule has 15 heavy (non-hydrogen) atoms. The Labute approximate surface area is 89.1 Å². The molecule has 0 aliphatic carbocycles. The van der Waals surface area contributed by atoms with E-state index in [1.54, 1.807) is 0 Å². The number of aliphatic hydroxyl groups is 1. The third kappa shape index (κ3) is 3.45. The van der Waals surface area contributed by atoms with Crippen molar-refractivity contribution >= 4 is 5.91 Å². The number of hydrogen-bond acceptors (Lipinski definition) is 2. The first kappa shape index (κ1) is 11.3. The van der Waals surface area contributed by atoms with Crippen LogP contribution in [-0.4, -0.2) is 17.6 Å². The summed E-state index contributed by atoms with van der Waals surface area (Å²) < 4.78 is 0. The Morgan fingerprint density at radius 3 is 2.67 bits per heavy atom. The summed E-state index contributed by atoms with van der Waals surface area (Å²) in [4.78, 5) is 11.2. The van der Waals surface area contributed by atoms with Crippen LogP contribution in [0.4, 0.5) is 0 Å². The second-order valence-electron chi connectivity index (χ2n) is 3.09. The van der Waals surface area contributed by atoms with Crippen molar-refractivity contribution in [3.8, 4) is 12.3 Å². The zero-order valence-corrected chi connectivity index (χ0v) is 8.31. The molecular weight excluding hydrogens is 190 g/mol. The van der Waals surface area contributed by atoms with Gasteiger partial charge in [0.2, 0.25) is 5.91 Å². The Hall–Kier alpha value is -1.79. The first-order chi connectivity index (χ1) is 7.27. The maximum absolute atomic E-state index is 11.2. The van der Waals surface area contributed by atoms with Gasteiger partial charge in [-0.2, -0.15) is 0 Å². The van der Waals surface area contributed by atoms with Crippen LogP contribution in [0.1, 0.15) is 18.0 Å². The van der Waals surface area contributed by atoms with Gasteiger partial charge in [-0.15, -0.1) is 6.42 Å². The third-order valence-corrected chi connectivity index (χ3v) is 1.98. The SMILES string of the molecule is C#CCC(=O)NC(CO)c1ccccc1. The summed E-state index contributed by atoms with van der Waals surface area (Å²) in [5, 5.41) is 11.8. The van der Waals surface area contributed by atoms with Crippen LogP contribution in [-0.2, 0) is 4.79 Å². The smallest absolute Gasteiger partial charge is 0.232 e. The fourth-order valence-corrected chi connectivity index (χ4v) is 1.26. The molecule has 1 atom stereocenters. The van der Waals surface area contributed by atoms with Gasteiger partial charge in [-0.25, -0.2) is 0 Å². The van der Waals surface area contributed by atoms with Gasteiger partial charge in [0, 0.05) is 0 Å². The van der Waals surface area contributed by atoms with Crippen LogP contribution < -0.4 is 5.32 Å². The number of aliphatic hydroxyl groups excluding tert-OH is 1. The highest BCUT2D eigenvalue weighted by Crippen LogP contribution is 2.11. The Morgan fingerprint density at radius 1 is 1.47 bits per heavy atom. The third-order valence-electron chi connectivity index (χ3n) is 1.98. The van der Waals surface area contributed by atoms with Crippen LogP contribution in [0.15, 0.2) is 30.3 Å². The van der Waals surface area contributed by atoms with Crippen molar-refractivity contribution in [2.45, 2.75) is 12.5 Å². The molecule has 1 unspecified atom stereocenters. The molecule has 2 N–H and O–H groups in total. The van der Waals surface area contributed by atoms with Crippen molar-refractivity contribution < 1.29 is 9.90 Å². The molecule has 0 aliphatic rings. The molecule has 0 saturated heterocycles. The highest BCUT2D eigenvalue weighted by atomic mass is 16.3. The lowest BCUT2D eigenvalue weighted by atomic mass is 10.1. The fraction of sp³-hybridized carbons (Fsp3) is 0.250. The zero-order valence-electron chi connectivity index (χ0n) is 8.31. The summed E-state index contributed by atoms with van der Waals surface area (Å²) in [6.45, 7) is -0.139. The van der Waals surface area contributed by atoms with E-state index in [-0.39, 0.29) is 25.0 Å². The minimum atomic E-state index is -0.382. The molecule has 0 radical (unpaired) electrons. The highest BCUT2D eigenvalue weighted by molar-refractivity contribution is 5.78. The summed E-state index contributed by atoms with van der Waals surface area (Å²) in [5.74, 6) is 2.01. The summed E-state index contributed by atoms with van der Waals surface area (Å²) in [6.07, 6.45) is 5.04. The monoisotopic (exact) mass is 203 g/mol. The number of carbonyl (C=O) groups excluding carboxylic acids is 1. The largest absolute Gasteiger partial charge is 0.394 e. The van der Waals surface area contributed by atoms with E-state index in [1.807, 2.05) is 30.3 Å². The van der Waals surface area contributed by atoms with E-state index in [4.69, 9.17) is 11.5 Å². The van der Waals surface area contributed by atoms with Crippen molar-refractivity contribution in [3.05, 3.63) is 35.9 Å². The Morgan fingerprint density at radius 2 is 2.13 bits per heavy atom. The number of nitrogens with one attached hydrogen (secondary N) is 1. The molecule has 0 spiro atoms. The Kier molecular flexibility index (Phi) is 4.39. The predicted octanol–water partition coefficient (Wildman–Crippen LogP) is 0.860. The van der Waals surface area contributed by atoms with Crippen molar-refractivity contribution in [2.75, 3.05) is 6.61 Å². The average molecular weight is 203 g/mol. The predicted molar refractivity (Wildman–Crippen MR) is 57.9 cm³/mol. The zero-order chi connectivity index (χ0) is 11.1. The molecule has 1 amide bonds. The molecule has 0 aliphatic heterocycles. The van der Waals surface area contributed by atoms with Crippen LogP contribution in [0.25, 0.3) is 0 Å². The van der Waals surface area contributed by atoms with Gasteiger partial charge in [-0.05, 0) is 5.56 Å². The summed E-state index contributed by atoms with van der Waals surface area (Å²) in [6, 6.07) is 8.89. The lowest BCUT2D eigenvalue weighted by Crippen LogP contribution is -2.30. The van der Waals surface area contributed by atoms with E-state index in [2.05, 4.69) is 11.2 Å². The molecule has 1 rings (SSSR count). The topological polar surface area (TPSA) is 49.3 Å². The summed E-state index contributed by atoms with van der Waals surface area (Å²) in [5.41, 5.74) is 0.866. The molecular formula is C12H13NO2. The number of amides is 1. The van der Waals surface area contributed by atoms with Crippen molar-refractivity contribution in [1.29, 1.82) is 0 Å². The van der Waals surface area contributed by atoms with Crippen LogP contribution >= 0.6 is 0 Å². The molecule has 1 aromatic rings. The quantitative estimate of drug-likeness (QED) is 0.713. The maximum Gasteiger partial charge on any atom is 0.232 e. The van der Waals surface area contributed by atoms with Gasteiger partial charge in [-0.3, -0.25) is 4.79 Å². The fourth-order valence-electron chi connectivity index (χ4n) is 1.26. The molecule has 0 heterocycles. The molecule has 0 fully saturated rings. The van der Waals surface area contributed by atoms with Gasteiger partial charge < -0.3 is 10.4 Å². The van der Waals surface area contributed by atoms with Crippen LogP contribution in [0.5, 0.6) is 0 Å². The standard InChI is InChI=1S/C12H13NO2/c1-2-6-12(15)13-11(9-14)10-7-4-3-5-8-10/h1,3-5,7-8,11,14H,6,9H2,(H,13,15). The number of carbonyl (C=O) groups is 1. The van der Waals surface area contributed by atoms with Gasteiger partial charge in [0.15, 0.2) is 0 Å². The van der Waals surface area contributed by atoms with Crippen molar-refractivity contribution in [3.63, 3.8) is 0 Å². The van der Waals surface area contributed by atoms with Crippen LogP contribution in [0, 0.1) is 12.3 Å². The minimum absolute atomic E-state index is 0.0311. The molecule has 3 heteroatoms. The van der Waals surface area contributed by atoms with Gasteiger partial charge >= 0.3 is 0 Å². The van der Waals surface area contributed by atoms with Gasteiger partial charge in [0.25, 0.3) is 0 Å². The van der Waals surface area contributed by atoms with Gasteiger partial charge in [0.05, 0.1) is 19.1 Å². The second-order valence-corrected chi connectivity index (χ2v) is 3.09. The number of terminal acetylenes is 1. The maximum atomic E-state index is 11.2. The van der Waals surface area contributed by atoms with Crippen LogP contribution in [0.3, 0.4) is 0 Å². The highest BCUT2D eigenvalue weighted by Gasteiger charge is 2.11. The van der Waals surface area contributed by atoms with Crippen molar-refractivity contribution in [1.82, 2.24) is 5.32 Å². The second kappa shape index (κ2) is 5.84. The summed E-state index contributed by atoms with van der Waals surface area (Å²) in [7, 11) is 0. The lowest BCUT2D eigenvalue weighted by molar-refractivity contribution is -0.121. The molecule has 1 aromatic carbocycles. The van der Waals surface area contributed by atoms with Crippen LogP contribution in [0.2, 0.25) is 0 Å². The lowest BCUT2D eigenvalue weighted by Gasteiger charge is -2.15. The molecule has 78 valence electrons. The molecule has 0 saturated carbocycles. The van der Waals surface area contributed by atoms with Crippen molar-refractivity contribution in [2.24, 2.45) is 0 Å². The van der Waals surface area contributed by atoms with E-state index < -0.39 is 0 Å². The summed E-state index contributed by atoms with van der Waals surface area (Å²) >= 11 is 0. The van der Waals surface area contributed by atoms with E-state index >= 15 is 0 Å². The first-order valence-electron chi connectivity index (χ1n) is 4.66. The minimum Gasteiger partial charge on any atom is -0.394 e. The number of benzene rings is 1.